The molecule has 0 saturated heterocycles. The Morgan fingerprint density at radius 2 is 1.67 bits per heavy atom. The number of rotatable bonds is 5. The van der Waals surface area contributed by atoms with Crippen molar-refractivity contribution < 1.29 is 14.3 Å². The van der Waals surface area contributed by atoms with Gasteiger partial charge in [-0.05, 0) is 30.7 Å². The summed E-state index contributed by atoms with van der Waals surface area (Å²) in [5, 5.41) is 1.26. The van der Waals surface area contributed by atoms with Gasteiger partial charge in [-0.1, -0.05) is 72.3 Å². The number of benzene rings is 3. The SMILES string of the molecule is Cc1c(-c2cccc(Cl)c2)nc2ccccc2c1C(=O)OCC(=O)c1ccccc1. The van der Waals surface area contributed by atoms with Gasteiger partial charge >= 0.3 is 5.97 Å². The first kappa shape index (κ1) is 19.8. The van der Waals surface area contributed by atoms with E-state index >= 15 is 0 Å². The highest BCUT2D eigenvalue weighted by Gasteiger charge is 2.21. The zero-order chi connectivity index (χ0) is 21.1. The van der Waals surface area contributed by atoms with Crippen LogP contribution in [0.25, 0.3) is 22.2 Å². The van der Waals surface area contributed by atoms with Crippen LogP contribution in [-0.2, 0) is 4.74 Å². The summed E-state index contributed by atoms with van der Waals surface area (Å²) < 4.78 is 5.41. The average molecular weight is 416 g/mol. The summed E-state index contributed by atoms with van der Waals surface area (Å²) in [6.45, 7) is 1.50. The third-order valence-electron chi connectivity index (χ3n) is 4.87. The maximum absolute atomic E-state index is 13.0. The molecule has 0 amide bonds. The molecule has 0 aliphatic carbocycles. The van der Waals surface area contributed by atoms with E-state index in [-0.39, 0.29) is 12.4 Å². The minimum absolute atomic E-state index is 0.255. The highest BCUT2D eigenvalue weighted by Crippen LogP contribution is 2.31. The lowest BCUT2D eigenvalue weighted by molar-refractivity contribution is 0.0476. The molecule has 5 heteroatoms. The zero-order valence-electron chi connectivity index (χ0n) is 16.3. The summed E-state index contributed by atoms with van der Waals surface area (Å²) in [5.41, 5.74) is 3.70. The number of esters is 1. The van der Waals surface area contributed by atoms with Gasteiger partial charge in [0, 0.05) is 21.5 Å². The van der Waals surface area contributed by atoms with Gasteiger partial charge in [0.2, 0.25) is 0 Å². The van der Waals surface area contributed by atoms with Crippen LogP contribution in [0.1, 0.15) is 26.3 Å². The van der Waals surface area contributed by atoms with Crippen LogP contribution < -0.4 is 0 Å². The van der Waals surface area contributed by atoms with Gasteiger partial charge in [0.05, 0.1) is 16.8 Å². The Morgan fingerprint density at radius 1 is 0.933 bits per heavy atom. The summed E-state index contributed by atoms with van der Waals surface area (Å²) in [6.07, 6.45) is 0. The smallest absolute Gasteiger partial charge is 0.339 e. The van der Waals surface area contributed by atoms with Crippen molar-refractivity contribution in [3.63, 3.8) is 0 Å². The van der Waals surface area contributed by atoms with Crippen LogP contribution in [0.3, 0.4) is 0 Å². The Morgan fingerprint density at radius 3 is 2.43 bits per heavy atom. The molecule has 0 atom stereocenters. The summed E-state index contributed by atoms with van der Waals surface area (Å²) in [6, 6.07) is 23.4. The van der Waals surface area contributed by atoms with Crippen molar-refractivity contribution in [1.29, 1.82) is 0 Å². The van der Waals surface area contributed by atoms with Crippen molar-refractivity contribution in [2.75, 3.05) is 6.61 Å². The van der Waals surface area contributed by atoms with Gasteiger partial charge in [-0.3, -0.25) is 4.79 Å². The van der Waals surface area contributed by atoms with Gasteiger partial charge in [0.25, 0.3) is 0 Å². The Kier molecular flexibility index (Phi) is 5.59. The second-order valence-corrected chi connectivity index (χ2v) is 7.29. The first-order chi connectivity index (χ1) is 14.5. The first-order valence-electron chi connectivity index (χ1n) is 9.45. The van der Waals surface area contributed by atoms with Gasteiger partial charge in [-0.15, -0.1) is 0 Å². The number of carbonyl (C=O) groups is 2. The number of para-hydroxylation sites is 1. The number of aromatic nitrogens is 1. The molecule has 30 heavy (non-hydrogen) atoms. The Hall–Kier alpha value is -3.50. The van der Waals surface area contributed by atoms with Crippen LogP contribution in [0.5, 0.6) is 0 Å². The summed E-state index contributed by atoms with van der Waals surface area (Å²) >= 11 is 6.15. The Labute approximate surface area is 179 Å². The molecule has 3 aromatic carbocycles. The number of Topliss-reactive ketones (excluding diaryl/α,β-unsaturated/α-hetero) is 1. The molecule has 1 aromatic heterocycles. The van der Waals surface area contributed by atoms with E-state index in [0.29, 0.717) is 38.3 Å². The molecule has 0 aliphatic heterocycles. The monoisotopic (exact) mass is 415 g/mol. The van der Waals surface area contributed by atoms with E-state index < -0.39 is 5.97 Å². The quantitative estimate of drug-likeness (QED) is 0.300. The second kappa shape index (κ2) is 8.47. The number of ketones is 1. The summed E-state index contributed by atoms with van der Waals surface area (Å²) in [4.78, 5) is 30.1. The van der Waals surface area contributed by atoms with Gasteiger partial charge in [0.1, 0.15) is 0 Å². The van der Waals surface area contributed by atoms with Crippen molar-refractivity contribution in [3.05, 3.63) is 101 Å². The first-order valence-corrected chi connectivity index (χ1v) is 9.83. The maximum Gasteiger partial charge on any atom is 0.339 e. The molecule has 0 aliphatic rings. The topological polar surface area (TPSA) is 56.3 Å². The molecule has 1 heterocycles. The van der Waals surface area contributed by atoms with Crippen LogP contribution in [0.4, 0.5) is 0 Å². The summed E-state index contributed by atoms with van der Waals surface area (Å²) in [7, 11) is 0. The second-order valence-electron chi connectivity index (χ2n) is 6.85. The lowest BCUT2D eigenvalue weighted by Gasteiger charge is -2.14. The van der Waals surface area contributed by atoms with Crippen molar-refractivity contribution in [3.8, 4) is 11.3 Å². The van der Waals surface area contributed by atoms with Gasteiger partial charge in [-0.25, -0.2) is 9.78 Å². The highest BCUT2D eigenvalue weighted by molar-refractivity contribution is 6.30. The number of hydrogen-bond donors (Lipinski definition) is 0. The van der Waals surface area contributed by atoms with Gasteiger partial charge < -0.3 is 4.74 Å². The molecule has 0 radical (unpaired) electrons. The number of nitrogens with zero attached hydrogens (tertiary/aromatic N) is 1. The Balaban J connectivity index is 1.73. The molecule has 0 unspecified atom stereocenters. The minimum atomic E-state index is -0.557. The van der Waals surface area contributed by atoms with Crippen LogP contribution in [0, 0.1) is 6.92 Å². The van der Waals surface area contributed by atoms with Gasteiger partial charge in [0.15, 0.2) is 12.4 Å². The van der Waals surface area contributed by atoms with Crippen molar-refractivity contribution in [1.82, 2.24) is 4.98 Å². The maximum atomic E-state index is 13.0. The highest BCUT2D eigenvalue weighted by atomic mass is 35.5. The van der Waals surface area contributed by atoms with Crippen molar-refractivity contribution in [2.24, 2.45) is 0 Å². The van der Waals surface area contributed by atoms with Gasteiger partial charge in [-0.2, -0.15) is 0 Å². The van der Waals surface area contributed by atoms with Crippen LogP contribution >= 0.6 is 11.6 Å². The third-order valence-corrected chi connectivity index (χ3v) is 5.10. The van der Waals surface area contributed by atoms with Crippen LogP contribution in [0.15, 0.2) is 78.9 Å². The van der Waals surface area contributed by atoms with Crippen molar-refractivity contribution in [2.45, 2.75) is 6.92 Å². The van der Waals surface area contributed by atoms with E-state index in [0.717, 1.165) is 5.56 Å². The number of halogens is 1. The zero-order valence-corrected chi connectivity index (χ0v) is 17.0. The standard InChI is InChI=1S/C25H18ClNO3/c1-16-23(25(29)30-15-22(28)17-8-3-2-4-9-17)20-12-5-6-13-21(20)27-24(16)18-10-7-11-19(26)14-18/h2-14H,15H2,1H3. The number of ether oxygens (including phenoxy) is 1. The van der Waals surface area contributed by atoms with E-state index in [4.69, 9.17) is 21.3 Å². The summed E-state index contributed by atoms with van der Waals surface area (Å²) in [5.74, 6) is -0.811. The molecule has 0 spiro atoms. The van der Waals surface area contributed by atoms with E-state index in [9.17, 15) is 9.59 Å². The molecule has 4 nitrogen and oxygen atoms in total. The van der Waals surface area contributed by atoms with E-state index in [1.54, 1.807) is 36.4 Å². The number of hydrogen-bond acceptors (Lipinski definition) is 4. The minimum Gasteiger partial charge on any atom is -0.454 e. The number of fused-ring (bicyclic) bond motifs is 1. The fourth-order valence-electron chi connectivity index (χ4n) is 3.40. The predicted molar refractivity (Wildman–Crippen MR) is 118 cm³/mol. The number of pyridine rings is 1. The lowest BCUT2D eigenvalue weighted by atomic mass is 9.98. The molecule has 0 bridgehead atoms. The predicted octanol–water partition coefficient (Wildman–Crippen LogP) is 5.90. The molecule has 148 valence electrons. The van der Waals surface area contributed by atoms with E-state index in [2.05, 4.69) is 0 Å². The van der Waals surface area contributed by atoms with E-state index in [1.165, 1.54) is 0 Å². The Bertz CT molecular complexity index is 1250. The largest absolute Gasteiger partial charge is 0.454 e. The van der Waals surface area contributed by atoms with Crippen LogP contribution in [0.2, 0.25) is 5.02 Å². The fraction of sp³-hybridized carbons (Fsp3) is 0.0800. The third kappa shape index (κ3) is 3.95. The number of carbonyl (C=O) groups excluding carboxylic acids is 2. The fourth-order valence-corrected chi connectivity index (χ4v) is 3.59. The normalized spacial score (nSPS) is 10.7. The van der Waals surface area contributed by atoms with Crippen molar-refractivity contribution >= 4 is 34.3 Å². The molecule has 4 rings (SSSR count). The molecule has 0 saturated carbocycles. The molecule has 0 N–H and O–H groups in total. The molecular formula is C25H18ClNO3. The molecule has 4 aromatic rings. The van der Waals surface area contributed by atoms with E-state index in [1.807, 2.05) is 49.4 Å². The molecular weight excluding hydrogens is 398 g/mol. The van der Waals surface area contributed by atoms with Crippen LogP contribution in [-0.4, -0.2) is 23.3 Å². The molecule has 0 fully saturated rings. The lowest BCUT2D eigenvalue weighted by Crippen LogP contribution is -2.16. The average Bonchev–Trinajstić information content (AvgIpc) is 2.77.